The van der Waals surface area contributed by atoms with Crippen LogP contribution in [0.2, 0.25) is 0 Å². The largest absolute Gasteiger partial charge is 0.326 e. The van der Waals surface area contributed by atoms with Crippen LogP contribution < -0.4 is 5.73 Å². The molecule has 0 amide bonds. The van der Waals surface area contributed by atoms with E-state index in [0.717, 1.165) is 11.8 Å². The second-order valence-corrected chi connectivity index (χ2v) is 7.47. The van der Waals surface area contributed by atoms with E-state index in [1.54, 1.807) is 0 Å². The lowest BCUT2D eigenvalue weighted by atomic mass is 9.67. The van der Waals surface area contributed by atoms with Crippen molar-refractivity contribution in [2.45, 2.75) is 71.9 Å². The van der Waals surface area contributed by atoms with Crippen LogP contribution >= 0.6 is 0 Å². The number of nitrogens with two attached hydrogens (primary N) is 1. The van der Waals surface area contributed by atoms with Crippen LogP contribution in [0, 0.1) is 17.3 Å². The first-order valence-electron chi connectivity index (χ1n) is 7.93. The highest BCUT2D eigenvalue weighted by atomic mass is 15.2. The molecule has 2 N–H and O–H groups in total. The Bertz CT molecular complexity index is 274. The minimum absolute atomic E-state index is 0.416. The number of nitrogens with zero attached hydrogens (tertiary/aromatic N) is 1. The summed E-state index contributed by atoms with van der Waals surface area (Å²) in [5, 5.41) is 0. The molecule has 2 heteroatoms. The summed E-state index contributed by atoms with van der Waals surface area (Å²) in [6, 6.07) is 1.07. The highest BCUT2D eigenvalue weighted by Gasteiger charge is 2.39. The second-order valence-electron chi connectivity index (χ2n) is 7.47. The zero-order chi connectivity index (χ0) is 13.3. The van der Waals surface area contributed by atoms with Gasteiger partial charge in [0.2, 0.25) is 0 Å². The van der Waals surface area contributed by atoms with Crippen molar-refractivity contribution < 1.29 is 0 Å². The molecule has 1 saturated heterocycles. The average Bonchev–Trinajstić information content (AvgIpc) is 2.76. The van der Waals surface area contributed by atoms with Gasteiger partial charge in [-0.2, -0.15) is 0 Å². The van der Waals surface area contributed by atoms with Gasteiger partial charge in [0.25, 0.3) is 0 Å². The third-order valence-electron chi connectivity index (χ3n) is 5.81. The first-order chi connectivity index (χ1) is 8.44. The smallest absolute Gasteiger partial charge is 0.0250 e. The minimum Gasteiger partial charge on any atom is -0.326 e. The van der Waals surface area contributed by atoms with Gasteiger partial charge in [-0.1, -0.05) is 34.1 Å². The molecule has 2 fully saturated rings. The van der Waals surface area contributed by atoms with Crippen LogP contribution in [0.3, 0.4) is 0 Å². The zero-order valence-electron chi connectivity index (χ0n) is 12.8. The van der Waals surface area contributed by atoms with Crippen LogP contribution in [0.15, 0.2) is 0 Å². The van der Waals surface area contributed by atoms with Crippen LogP contribution in [0.25, 0.3) is 0 Å². The molecule has 1 saturated carbocycles. The van der Waals surface area contributed by atoms with E-state index in [1.807, 2.05) is 0 Å². The fourth-order valence-corrected chi connectivity index (χ4v) is 3.86. The van der Waals surface area contributed by atoms with E-state index in [1.165, 1.54) is 45.2 Å². The highest BCUT2D eigenvalue weighted by molar-refractivity contribution is 4.95. The Kier molecular flexibility index (Phi) is 4.38. The van der Waals surface area contributed by atoms with Gasteiger partial charge in [0, 0.05) is 18.6 Å². The fourth-order valence-electron chi connectivity index (χ4n) is 3.86. The number of hydrogen-bond acceptors (Lipinski definition) is 2. The molecule has 2 nitrogen and oxygen atoms in total. The van der Waals surface area contributed by atoms with Crippen LogP contribution in [-0.4, -0.2) is 30.1 Å². The summed E-state index contributed by atoms with van der Waals surface area (Å²) in [4.78, 5) is 2.69. The molecule has 0 bridgehead atoms. The van der Waals surface area contributed by atoms with Crippen LogP contribution in [0.1, 0.15) is 59.8 Å². The van der Waals surface area contributed by atoms with E-state index in [0.29, 0.717) is 17.5 Å². The molecule has 2 aliphatic rings. The molecule has 2 rings (SSSR count). The predicted molar refractivity (Wildman–Crippen MR) is 78.5 cm³/mol. The van der Waals surface area contributed by atoms with Crippen LogP contribution in [0.4, 0.5) is 0 Å². The summed E-state index contributed by atoms with van der Waals surface area (Å²) in [6.07, 6.45) is 6.54. The van der Waals surface area contributed by atoms with Gasteiger partial charge in [-0.15, -0.1) is 0 Å². The quantitative estimate of drug-likeness (QED) is 0.835. The second kappa shape index (κ2) is 5.50. The predicted octanol–water partition coefficient (Wildman–Crippen LogP) is 3.26. The van der Waals surface area contributed by atoms with E-state index in [2.05, 4.69) is 32.6 Å². The maximum absolute atomic E-state index is 6.41. The minimum atomic E-state index is 0.416. The van der Waals surface area contributed by atoms with Crippen molar-refractivity contribution in [3.05, 3.63) is 0 Å². The van der Waals surface area contributed by atoms with Crippen molar-refractivity contribution in [1.82, 2.24) is 4.90 Å². The van der Waals surface area contributed by atoms with Crippen LogP contribution in [-0.2, 0) is 0 Å². The van der Waals surface area contributed by atoms with Crippen molar-refractivity contribution in [1.29, 1.82) is 0 Å². The van der Waals surface area contributed by atoms with E-state index in [-0.39, 0.29) is 0 Å². The van der Waals surface area contributed by atoms with Crippen molar-refractivity contribution in [2.24, 2.45) is 23.0 Å². The maximum atomic E-state index is 6.41. The van der Waals surface area contributed by atoms with Gasteiger partial charge in [-0.05, 0) is 49.5 Å². The highest BCUT2D eigenvalue weighted by Crippen LogP contribution is 2.42. The summed E-state index contributed by atoms with van der Waals surface area (Å²) in [7, 11) is 0. The lowest BCUT2D eigenvalue weighted by Gasteiger charge is -2.45. The zero-order valence-corrected chi connectivity index (χ0v) is 12.8. The Morgan fingerprint density at radius 1 is 1.22 bits per heavy atom. The van der Waals surface area contributed by atoms with E-state index in [9.17, 15) is 0 Å². The molecule has 1 heterocycles. The normalized spacial score (nSPS) is 39.2. The van der Waals surface area contributed by atoms with Gasteiger partial charge < -0.3 is 5.73 Å². The molecule has 106 valence electrons. The molecular formula is C16H32N2. The average molecular weight is 252 g/mol. The van der Waals surface area contributed by atoms with Crippen molar-refractivity contribution in [3.8, 4) is 0 Å². The third kappa shape index (κ3) is 2.91. The summed E-state index contributed by atoms with van der Waals surface area (Å²) >= 11 is 0. The SMILES string of the molecule is CCC(C)(C)C1CCC(N)C(N2CCC(C)C2)C1. The van der Waals surface area contributed by atoms with Gasteiger partial charge in [0.15, 0.2) is 0 Å². The van der Waals surface area contributed by atoms with E-state index >= 15 is 0 Å². The van der Waals surface area contributed by atoms with Crippen molar-refractivity contribution >= 4 is 0 Å². The summed E-state index contributed by atoms with van der Waals surface area (Å²) in [5.41, 5.74) is 6.90. The summed E-state index contributed by atoms with van der Waals surface area (Å²) in [5.74, 6) is 1.74. The first-order valence-corrected chi connectivity index (χ1v) is 7.93. The standard InChI is InChI=1S/C16H32N2/c1-5-16(3,4)13-6-7-14(17)15(10-13)18-9-8-12(2)11-18/h12-15H,5-11,17H2,1-4H3. The Hall–Kier alpha value is -0.0800. The van der Waals surface area contributed by atoms with Gasteiger partial charge >= 0.3 is 0 Å². The summed E-state index contributed by atoms with van der Waals surface area (Å²) < 4.78 is 0. The molecule has 0 radical (unpaired) electrons. The van der Waals surface area contributed by atoms with Crippen LogP contribution in [0.5, 0.6) is 0 Å². The monoisotopic (exact) mass is 252 g/mol. The Morgan fingerprint density at radius 2 is 1.94 bits per heavy atom. The third-order valence-corrected chi connectivity index (χ3v) is 5.81. The van der Waals surface area contributed by atoms with E-state index < -0.39 is 0 Å². The van der Waals surface area contributed by atoms with Gasteiger partial charge in [0.1, 0.15) is 0 Å². The molecule has 0 aromatic carbocycles. The molecule has 1 aliphatic heterocycles. The lowest BCUT2D eigenvalue weighted by Crippen LogP contribution is -2.52. The molecule has 0 aromatic rings. The molecule has 18 heavy (non-hydrogen) atoms. The topological polar surface area (TPSA) is 29.3 Å². The molecular weight excluding hydrogens is 220 g/mol. The number of hydrogen-bond donors (Lipinski definition) is 1. The van der Waals surface area contributed by atoms with Crippen molar-refractivity contribution in [2.75, 3.05) is 13.1 Å². The molecule has 4 unspecified atom stereocenters. The molecule has 1 aliphatic carbocycles. The Labute approximate surface area is 113 Å². The lowest BCUT2D eigenvalue weighted by molar-refractivity contribution is 0.0706. The molecule has 4 atom stereocenters. The van der Waals surface area contributed by atoms with E-state index in [4.69, 9.17) is 5.73 Å². The number of rotatable bonds is 3. The van der Waals surface area contributed by atoms with Crippen molar-refractivity contribution in [3.63, 3.8) is 0 Å². The van der Waals surface area contributed by atoms with Gasteiger partial charge in [-0.3, -0.25) is 4.90 Å². The Morgan fingerprint density at radius 3 is 2.50 bits per heavy atom. The first kappa shape index (κ1) is 14.3. The Balaban J connectivity index is 2.01. The van der Waals surface area contributed by atoms with Gasteiger partial charge in [-0.25, -0.2) is 0 Å². The number of likely N-dealkylation sites (tertiary alicyclic amines) is 1. The fraction of sp³-hybridized carbons (Fsp3) is 1.00. The van der Waals surface area contributed by atoms with Gasteiger partial charge in [0.05, 0.1) is 0 Å². The molecule has 0 spiro atoms. The molecule has 0 aromatic heterocycles. The maximum Gasteiger partial charge on any atom is 0.0250 e. The summed E-state index contributed by atoms with van der Waals surface area (Å²) in [6.45, 7) is 12.1.